The third kappa shape index (κ3) is 3.33. The fourth-order valence-electron chi connectivity index (χ4n) is 3.29. The summed E-state index contributed by atoms with van der Waals surface area (Å²) in [5.74, 6) is -0.915. The molecule has 0 unspecified atom stereocenters. The van der Waals surface area contributed by atoms with Gasteiger partial charge in [0.2, 0.25) is 0 Å². The minimum absolute atomic E-state index is 0.0266. The predicted octanol–water partition coefficient (Wildman–Crippen LogP) is 7.67. The Kier molecular flexibility index (Phi) is 4.67. The Hall–Kier alpha value is -2.71. The number of hydrogen-bond donors (Lipinski definition) is 0. The van der Waals surface area contributed by atoms with Gasteiger partial charge < -0.3 is 0 Å². The number of benzene rings is 4. The van der Waals surface area contributed by atoms with Gasteiger partial charge in [0.15, 0.2) is 0 Å². The van der Waals surface area contributed by atoms with Gasteiger partial charge in [0, 0.05) is 10.9 Å². The van der Waals surface area contributed by atoms with E-state index in [0.29, 0.717) is 16.5 Å². The zero-order valence-corrected chi connectivity index (χ0v) is 15.5. The lowest BCUT2D eigenvalue weighted by atomic mass is 9.96. The van der Waals surface area contributed by atoms with Crippen LogP contribution in [0.3, 0.4) is 0 Å². The monoisotopic (exact) mass is 378 g/mol. The molecule has 0 aliphatic heterocycles. The van der Waals surface area contributed by atoms with Crippen LogP contribution in [0.4, 0.5) is 8.78 Å². The van der Waals surface area contributed by atoms with Gasteiger partial charge in [-0.15, -0.1) is 0 Å². The van der Waals surface area contributed by atoms with Gasteiger partial charge in [0.25, 0.3) is 0 Å². The Morgan fingerprint density at radius 1 is 0.741 bits per heavy atom. The lowest BCUT2D eigenvalue weighted by Gasteiger charge is -2.10. The molecule has 0 aliphatic rings. The second-order valence-corrected chi connectivity index (χ2v) is 6.95. The summed E-state index contributed by atoms with van der Waals surface area (Å²) in [7, 11) is 0. The van der Waals surface area contributed by atoms with Gasteiger partial charge in [-0.1, -0.05) is 73.1 Å². The highest BCUT2D eigenvalue weighted by Crippen LogP contribution is 2.33. The number of rotatable bonds is 3. The molecule has 0 amide bonds. The van der Waals surface area contributed by atoms with Gasteiger partial charge in [-0.2, -0.15) is 0 Å². The molecule has 0 heterocycles. The molecule has 0 aromatic heterocycles. The van der Waals surface area contributed by atoms with Gasteiger partial charge in [-0.3, -0.25) is 0 Å². The Morgan fingerprint density at radius 3 is 2.15 bits per heavy atom. The summed E-state index contributed by atoms with van der Waals surface area (Å²) in [5, 5.41) is 1.35. The second kappa shape index (κ2) is 7.13. The van der Waals surface area contributed by atoms with Crippen molar-refractivity contribution in [1.82, 2.24) is 0 Å². The largest absolute Gasteiger partial charge is 0.206 e. The summed E-state index contributed by atoms with van der Waals surface area (Å²) in [6, 6.07) is 21.9. The molecule has 0 N–H and O–H groups in total. The maximum absolute atomic E-state index is 15.1. The summed E-state index contributed by atoms with van der Waals surface area (Å²) in [6.07, 6.45) is 0.997. The van der Waals surface area contributed by atoms with E-state index in [2.05, 4.69) is 31.2 Å². The van der Waals surface area contributed by atoms with Crippen molar-refractivity contribution in [2.24, 2.45) is 0 Å². The van der Waals surface area contributed by atoms with Crippen molar-refractivity contribution in [3.63, 3.8) is 0 Å². The van der Waals surface area contributed by atoms with Crippen LogP contribution in [0.1, 0.15) is 12.5 Å². The first-order chi connectivity index (χ1) is 13.1. The van der Waals surface area contributed by atoms with E-state index in [-0.39, 0.29) is 10.8 Å². The molecule has 4 aromatic rings. The average molecular weight is 379 g/mol. The van der Waals surface area contributed by atoms with Gasteiger partial charge >= 0.3 is 0 Å². The van der Waals surface area contributed by atoms with Crippen LogP contribution in [-0.2, 0) is 6.42 Å². The summed E-state index contributed by atoms with van der Waals surface area (Å²) < 4.78 is 28.8. The van der Waals surface area contributed by atoms with E-state index in [1.165, 1.54) is 17.7 Å². The zero-order valence-electron chi connectivity index (χ0n) is 14.8. The summed E-state index contributed by atoms with van der Waals surface area (Å²) in [6.45, 7) is 2.12. The highest BCUT2D eigenvalue weighted by Gasteiger charge is 2.12. The molecule has 0 bridgehead atoms. The fourth-order valence-corrected chi connectivity index (χ4v) is 3.41. The number of aryl methyl sites for hydroxylation is 1. The fraction of sp³-hybridized carbons (Fsp3) is 0.0833. The Labute approximate surface area is 162 Å². The first kappa shape index (κ1) is 17.7. The van der Waals surface area contributed by atoms with E-state index in [1.807, 2.05) is 18.2 Å². The van der Waals surface area contributed by atoms with Crippen molar-refractivity contribution in [3.05, 3.63) is 95.0 Å². The maximum atomic E-state index is 15.1. The summed E-state index contributed by atoms with van der Waals surface area (Å²) in [4.78, 5) is 0. The van der Waals surface area contributed by atoms with E-state index in [1.54, 1.807) is 18.2 Å². The Balaban J connectivity index is 1.78. The molecular formula is C24H17ClF2. The SMILES string of the molecule is CCc1ccc(-c2ccc3c(F)c(-c4ccc(Cl)c(F)c4)ccc3c2)cc1. The van der Waals surface area contributed by atoms with Crippen molar-refractivity contribution in [3.8, 4) is 22.3 Å². The minimum atomic E-state index is -0.556. The van der Waals surface area contributed by atoms with Crippen LogP contribution in [-0.4, -0.2) is 0 Å². The highest BCUT2D eigenvalue weighted by atomic mass is 35.5. The molecule has 0 saturated heterocycles. The number of fused-ring (bicyclic) bond motifs is 1. The maximum Gasteiger partial charge on any atom is 0.142 e. The quantitative estimate of drug-likeness (QED) is 0.343. The molecule has 3 heteroatoms. The van der Waals surface area contributed by atoms with Gasteiger partial charge in [0.1, 0.15) is 11.6 Å². The van der Waals surface area contributed by atoms with Crippen molar-refractivity contribution in [1.29, 1.82) is 0 Å². The molecule has 0 aliphatic carbocycles. The van der Waals surface area contributed by atoms with Crippen LogP contribution in [0.2, 0.25) is 5.02 Å². The second-order valence-electron chi connectivity index (χ2n) is 6.54. The zero-order chi connectivity index (χ0) is 19.0. The molecule has 0 atom stereocenters. The van der Waals surface area contributed by atoms with Crippen LogP contribution in [0, 0.1) is 11.6 Å². The molecule has 0 radical (unpaired) electrons. The third-order valence-electron chi connectivity index (χ3n) is 4.88. The van der Waals surface area contributed by atoms with Crippen molar-refractivity contribution in [2.75, 3.05) is 0 Å². The number of halogens is 3. The Bertz CT molecular complexity index is 1130. The van der Waals surface area contributed by atoms with Crippen LogP contribution >= 0.6 is 11.6 Å². The predicted molar refractivity (Wildman–Crippen MR) is 109 cm³/mol. The third-order valence-corrected chi connectivity index (χ3v) is 5.19. The lowest BCUT2D eigenvalue weighted by molar-refractivity contribution is 0.627. The van der Waals surface area contributed by atoms with Crippen molar-refractivity contribution >= 4 is 22.4 Å². The normalized spacial score (nSPS) is 11.1. The summed E-state index contributed by atoms with van der Waals surface area (Å²) >= 11 is 5.73. The van der Waals surface area contributed by atoms with Gasteiger partial charge in [-0.25, -0.2) is 8.78 Å². The van der Waals surface area contributed by atoms with Gasteiger partial charge in [-0.05, 0) is 52.3 Å². The molecule has 4 rings (SSSR count). The van der Waals surface area contributed by atoms with E-state index in [4.69, 9.17) is 11.6 Å². The van der Waals surface area contributed by atoms with Crippen LogP contribution in [0.15, 0.2) is 72.8 Å². The first-order valence-electron chi connectivity index (χ1n) is 8.84. The van der Waals surface area contributed by atoms with E-state index < -0.39 is 5.82 Å². The van der Waals surface area contributed by atoms with Crippen LogP contribution in [0.25, 0.3) is 33.0 Å². The molecule has 27 heavy (non-hydrogen) atoms. The topological polar surface area (TPSA) is 0 Å². The lowest BCUT2D eigenvalue weighted by Crippen LogP contribution is -1.89. The average Bonchev–Trinajstić information content (AvgIpc) is 2.70. The molecular weight excluding hydrogens is 362 g/mol. The molecule has 0 nitrogen and oxygen atoms in total. The molecule has 4 aromatic carbocycles. The van der Waals surface area contributed by atoms with E-state index in [0.717, 1.165) is 22.9 Å². The molecule has 0 spiro atoms. The Morgan fingerprint density at radius 2 is 1.44 bits per heavy atom. The smallest absolute Gasteiger partial charge is 0.142 e. The summed E-state index contributed by atoms with van der Waals surface area (Å²) in [5.41, 5.74) is 4.24. The molecule has 0 fully saturated rings. The first-order valence-corrected chi connectivity index (χ1v) is 9.21. The van der Waals surface area contributed by atoms with Crippen molar-refractivity contribution in [2.45, 2.75) is 13.3 Å². The highest BCUT2D eigenvalue weighted by molar-refractivity contribution is 6.30. The van der Waals surface area contributed by atoms with Crippen LogP contribution in [0.5, 0.6) is 0 Å². The minimum Gasteiger partial charge on any atom is -0.206 e. The van der Waals surface area contributed by atoms with Crippen molar-refractivity contribution < 1.29 is 8.78 Å². The number of hydrogen-bond acceptors (Lipinski definition) is 0. The van der Waals surface area contributed by atoms with Gasteiger partial charge in [0.05, 0.1) is 5.02 Å². The van der Waals surface area contributed by atoms with Crippen LogP contribution < -0.4 is 0 Å². The van der Waals surface area contributed by atoms with E-state index >= 15 is 4.39 Å². The molecule has 0 saturated carbocycles. The standard InChI is InChI=1S/C24H17ClF2/c1-2-15-3-5-16(6-4-15)17-7-10-20-18(13-17)8-11-21(24(20)27)19-9-12-22(25)23(26)14-19/h3-14H,2H2,1H3. The van der Waals surface area contributed by atoms with E-state index in [9.17, 15) is 4.39 Å². The molecule has 134 valence electrons.